The molecule has 0 N–H and O–H groups in total. The third-order valence-corrected chi connectivity index (χ3v) is 9.88. The minimum Gasteiger partial charge on any atom is -0.426 e. The van der Waals surface area contributed by atoms with Gasteiger partial charge in [0.1, 0.15) is 5.75 Å². The maximum absolute atomic E-state index is 12.8. The second kappa shape index (κ2) is 6.60. The normalized spacial score (nSPS) is 31.2. The van der Waals surface area contributed by atoms with Crippen LogP contribution in [-0.2, 0) is 4.79 Å². The van der Waals surface area contributed by atoms with Gasteiger partial charge in [0.2, 0.25) is 0 Å². The zero-order valence-electron chi connectivity index (χ0n) is 14.5. The monoisotopic (exact) mass is 362 g/mol. The van der Waals surface area contributed by atoms with Gasteiger partial charge in [-0.05, 0) is 74.6 Å². The predicted octanol–water partition coefficient (Wildman–Crippen LogP) is 5.21. The van der Waals surface area contributed by atoms with E-state index in [0.717, 1.165) is 24.0 Å². The summed E-state index contributed by atoms with van der Waals surface area (Å²) in [6.45, 7) is 4.10. The minimum absolute atomic E-state index is 0.000234. The van der Waals surface area contributed by atoms with E-state index in [1.165, 1.54) is 30.8 Å². The van der Waals surface area contributed by atoms with Gasteiger partial charge in [-0.2, -0.15) is 0 Å². The van der Waals surface area contributed by atoms with Crippen LogP contribution in [-0.4, -0.2) is 21.6 Å². The number of hydrogen-bond donors (Lipinski definition) is 0. The molecule has 0 amide bonds. The Labute approximate surface area is 153 Å². The quantitative estimate of drug-likeness (QED) is 0.533. The molecule has 1 spiro atoms. The van der Waals surface area contributed by atoms with Crippen LogP contribution in [0.5, 0.6) is 5.75 Å². The van der Waals surface area contributed by atoms with Crippen molar-refractivity contribution in [1.82, 2.24) is 0 Å². The molecule has 3 aliphatic rings. The van der Waals surface area contributed by atoms with Crippen molar-refractivity contribution in [2.75, 3.05) is 11.5 Å². The van der Waals surface area contributed by atoms with Crippen LogP contribution in [0.2, 0.25) is 0 Å². The van der Waals surface area contributed by atoms with E-state index in [-0.39, 0.29) is 11.9 Å². The summed E-state index contributed by atoms with van der Waals surface area (Å²) in [4.78, 5) is 12.8. The van der Waals surface area contributed by atoms with Crippen LogP contribution in [0.4, 0.5) is 0 Å². The molecule has 2 saturated carbocycles. The number of aryl methyl sites for hydroxylation is 2. The largest absolute Gasteiger partial charge is 0.426 e. The Morgan fingerprint density at radius 1 is 1.04 bits per heavy atom. The number of ether oxygens (including phenoxy) is 1. The highest BCUT2D eigenvalue weighted by Gasteiger charge is 2.55. The summed E-state index contributed by atoms with van der Waals surface area (Å²) in [7, 11) is 0. The van der Waals surface area contributed by atoms with Gasteiger partial charge in [0.15, 0.2) is 0 Å². The van der Waals surface area contributed by atoms with E-state index in [2.05, 4.69) is 29.6 Å². The SMILES string of the molecule is Cc1cc(C)cc(OC(=O)C2CC3CCCC(C2)C32SCCS2)c1. The lowest BCUT2D eigenvalue weighted by Gasteiger charge is -2.51. The molecule has 130 valence electrons. The summed E-state index contributed by atoms with van der Waals surface area (Å²) < 4.78 is 6.20. The molecule has 4 heteroatoms. The molecule has 1 saturated heterocycles. The average Bonchev–Trinajstić information content (AvgIpc) is 2.95. The summed E-state index contributed by atoms with van der Waals surface area (Å²) in [6, 6.07) is 6.05. The molecular formula is C20H26O2S2. The van der Waals surface area contributed by atoms with Crippen molar-refractivity contribution in [2.45, 2.75) is 50.0 Å². The Kier molecular flexibility index (Phi) is 4.63. The Bertz CT molecular complexity index is 600. The van der Waals surface area contributed by atoms with Crippen LogP contribution in [0.3, 0.4) is 0 Å². The minimum atomic E-state index is -0.000234. The first kappa shape index (κ1) is 16.8. The number of esters is 1. The molecule has 1 heterocycles. The summed E-state index contributed by atoms with van der Waals surface area (Å²) in [6.07, 6.45) is 5.99. The maximum atomic E-state index is 12.8. The van der Waals surface area contributed by atoms with Crippen molar-refractivity contribution in [3.05, 3.63) is 29.3 Å². The first-order valence-electron chi connectivity index (χ1n) is 9.15. The van der Waals surface area contributed by atoms with Gasteiger partial charge in [0.05, 0.1) is 10.00 Å². The van der Waals surface area contributed by atoms with Gasteiger partial charge < -0.3 is 4.74 Å². The number of thioether (sulfide) groups is 2. The molecule has 0 radical (unpaired) electrons. The number of hydrogen-bond acceptors (Lipinski definition) is 4. The zero-order chi connectivity index (χ0) is 16.7. The second-order valence-corrected chi connectivity index (χ2v) is 10.7. The second-order valence-electron chi connectivity index (χ2n) is 7.66. The Morgan fingerprint density at radius 3 is 2.21 bits per heavy atom. The lowest BCUT2D eigenvalue weighted by Crippen LogP contribution is -2.48. The van der Waals surface area contributed by atoms with Crippen molar-refractivity contribution in [2.24, 2.45) is 17.8 Å². The van der Waals surface area contributed by atoms with E-state index >= 15 is 0 Å². The van der Waals surface area contributed by atoms with E-state index in [1.807, 2.05) is 26.0 Å². The van der Waals surface area contributed by atoms with Gasteiger partial charge >= 0.3 is 5.97 Å². The fourth-order valence-corrected chi connectivity index (χ4v) is 8.93. The molecule has 3 fully saturated rings. The van der Waals surface area contributed by atoms with Crippen LogP contribution >= 0.6 is 23.5 Å². The Hall–Kier alpha value is -0.610. The maximum Gasteiger partial charge on any atom is 0.314 e. The van der Waals surface area contributed by atoms with E-state index in [9.17, 15) is 4.79 Å². The molecule has 4 rings (SSSR count). The molecular weight excluding hydrogens is 336 g/mol. The number of benzene rings is 1. The fraction of sp³-hybridized carbons (Fsp3) is 0.650. The molecule has 1 aliphatic heterocycles. The summed E-state index contributed by atoms with van der Waals surface area (Å²) in [5.74, 6) is 4.77. The van der Waals surface area contributed by atoms with Crippen LogP contribution in [0.15, 0.2) is 18.2 Å². The topological polar surface area (TPSA) is 26.3 Å². The van der Waals surface area contributed by atoms with Crippen LogP contribution in [0, 0.1) is 31.6 Å². The smallest absolute Gasteiger partial charge is 0.314 e. The molecule has 2 bridgehead atoms. The number of carbonyl (C=O) groups is 1. The molecule has 24 heavy (non-hydrogen) atoms. The molecule has 1 aromatic carbocycles. The van der Waals surface area contributed by atoms with Gasteiger partial charge in [-0.3, -0.25) is 4.79 Å². The summed E-state index contributed by atoms with van der Waals surface area (Å²) in [5.41, 5.74) is 2.30. The average molecular weight is 363 g/mol. The predicted molar refractivity (Wildman–Crippen MR) is 103 cm³/mol. The van der Waals surface area contributed by atoms with Crippen molar-refractivity contribution in [1.29, 1.82) is 0 Å². The molecule has 2 nitrogen and oxygen atoms in total. The highest BCUT2D eigenvalue weighted by atomic mass is 32.2. The summed E-state index contributed by atoms with van der Waals surface area (Å²) in [5, 5.41) is 0. The summed E-state index contributed by atoms with van der Waals surface area (Å²) >= 11 is 4.38. The molecule has 1 aromatic rings. The zero-order valence-corrected chi connectivity index (χ0v) is 16.2. The van der Waals surface area contributed by atoms with E-state index in [0.29, 0.717) is 21.7 Å². The van der Waals surface area contributed by atoms with Crippen LogP contribution in [0.1, 0.15) is 43.2 Å². The van der Waals surface area contributed by atoms with Crippen molar-refractivity contribution < 1.29 is 9.53 Å². The van der Waals surface area contributed by atoms with Crippen molar-refractivity contribution in [3.8, 4) is 5.75 Å². The highest BCUT2D eigenvalue weighted by molar-refractivity contribution is 8.21. The highest BCUT2D eigenvalue weighted by Crippen LogP contribution is 2.64. The molecule has 2 unspecified atom stereocenters. The van der Waals surface area contributed by atoms with Gasteiger partial charge in [-0.25, -0.2) is 0 Å². The first-order chi connectivity index (χ1) is 11.6. The lowest BCUT2D eigenvalue weighted by molar-refractivity contribution is -0.141. The standard InChI is InChI=1S/C20H26O2S2/c1-13-8-14(2)10-18(9-13)22-19(21)15-11-16-4-3-5-17(12-15)20(16)23-6-7-24-20/h8-10,15-17H,3-7,11-12H2,1-2H3. The lowest BCUT2D eigenvalue weighted by atomic mass is 9.67. The van der Waals surface area contributed by atoms with Crippen LogP contribution < -0.4 is 4.74 Å². The van der Waals surface area contributed by atoms with E-state index in [1.54, 1.807) is 0 Å². The van der Waals surface area contributed by atoms with Gasteiger partial charge in [-0.15, -0.1) is 23.5 Å². The number of rotatable bonds is 2. The number of carbonyl (C=O) groups excluding carboxylic acids is 1. The van der Waals surface area contributed by atoms with Gasteiger partial charge in [0, 0.05) is 11.5 Å². The third-order valence-electron chi connectivity index (χ3n) is 5.87. The van der Waals surface area contributed by atoms with Crippen molar-refractivity contribution in [3.63, 3.8) is 0 Å². The molecule has 0 aromatic heterocycles. The Morgan fingerprint density at radius 2 is 1.62 bits per heavy atom. The van der Waals surface area contributed by atoms with Gasteiger partial charge in [-0.1, -0.05) is 12.5 Å². The third kappa shape index (κ3) is 3.01. The Balaban J connectivity index is 1.48. The van der Waals surface area contributed by atoms with Crippen molar-refractivity contribution >= 4 is 29.5 Å². The van der Waals surface area contributed by atoms with Crippen LogP contribution in [0.25, 0.3) is 0 Å². The first-order valence-corrected chi connectivity index (χ1v) is 11.1. The van der Waals surface area contributed by atoms with E-state index < -0.39 is 0 Å². The van der Waals surface area contributed by atoms with E-state index in [4.69, 9.17) is 4.74 Å². The molecule has 2 atom stereocenters. The molecule has 2 aliphatic carbocycles. The fourth-order valence-electron chi connectivity index (χ4n) is 4.99. The van der Waals surface area contributed by atoms with Gasteiger partial charge in [0.25, 0.3) is 0 Å².